The Labute approximate surface area is 176 Å². The van der Waals surface area contributed by atoms with Gasteiger partial charge < -0.3 is 20.1 Å². The lowest BCUT2D eigenvalue weighted by atomic mass is 9.94. The largest absolute Gasteiger partial charge is 0.448 e. The van der Waals surface area contributed by atoms with Crippen LogP contribution in [0.15, 0.2) is 54.6 Å². The lowest BCUT2D eigenvalue weighted by molar-refractivity contribution is -0.123. The van der Waals surface area contributed by atoms with Crippen LogP contribution in [0.3, 0.4) is 0 Å². The molecule has 1 unspecified atom stereocenters. The molecule has 1 aliphatic carbocycles. The smallest absolute Gasteiger partial charge is 0.251 e. The summed E-state index contributed by atoms with van der Waals surface area (Å²) in [7, 11) is 0. The molecule has 6 heteroatoms. The maximum Gasteiger partial charge on any atom is 0.251 e. The van der Waals surface area contributed by atoms with Crippen molar-refractivity contribution in [2.45, 2.75) is 50.9 Å². The average Bonchev–Trinajstić information content (AvgIpc) is 3.09. The molecule has 1 aliphatic heterocycles. The molecule has 1 fully saturated rings. The Kier molecular flexibility index (Phi) is 5.74. The topological polar surface area (TPSA) is 76.7 Å². The molecular formula is C24H26N2O4. The van der Waals surface area contributed by atoms with Gasteiger partial charge in [-0.3, -0.25) is 9.59 Å². The lowest BCUT2D eigenvalue weighted by Crippen LogP contribution is -2.40. The van der Waals surface area contributed by atoms with Crippen LogP contribution in [0.5, 0.6) is 11.5 Å². The van der Waals surface area contributed by atoms with Crippen LogP contribution >= 0.6 is 0 Å². The van der Waals surface area contributed by atoms with Crippen molar-refractivity contribution < 1.29 is 19.1 Å². The van der Waals surface area contributed by atoms with Crippen LogP contribution in [0.25, 0.3) is 6.08 Å². The molecule has 2 amide bonds. The number of carbonyl (C=O) groups is 2. The van der Waals surface area contributed by atoms with E-state index in [1.54, 1.807) is 25.1 Å². The van der Waals surface area contributed by atoms with E-state index in [-0.39, 0.29) is 11.8 Å². The molecule has 2 aromatic rings. The summed E-state index contributed by atoms with van der Waals surface area (Å²) in [4.78, 5) is 24.6. The molecule has 0 radical (unpaired) electrons. The molecule has 2 aliphatic rings. The van der Waals surface area contributed by atoms with E-state index in [9.17, 15) is 9.59 Å². The second-order valence-electron chi connectivity index (χ2n) is 7.80. The number of hydrogen-bond acceptors (Lipinski definition) is 4. The minimum Gasteiger partial charge on any atom is -0.448 e. The lowest BCUT2D eigenvalue weighted by Gasteiger charge is -2.31. The van der Waals surface area contributed by atoms with Crippen LogP contribution < -0.4 is 20.1 Å². The average molecular weight is 406 g/mol. The number of amides is 2. The first kappa shape index (κ1) is 20.0. The Morgan fingerprint density at radius 1 is 1.00 bits per heavy atom. The van der Waals surface area contributed by atoms with Gasteiger partial charge in [-0.15, -0.1) is 0 Å². The molecule has 6 nitrogen and oxygen atoms in total. The van der Waals surface area contributed by atoms with Crippen molar-refractivity contribution in [3.8, 4) is 11.5 Å². The van der Waals surface area contributed by atoms with Gasteiger partial charge in [0.05, 0.1) is 0 Å². The predicted octanol–water partition coefficient (Wildman–Crippen LogP) is 4.27. The van der Waals surface area contributed by atoms with Gasteiger partial charge in [0.25, 0.3) is 5.79 Å². The van der Waals surface area contributed by atoms with Crippen molar-refractivity contribution in [3.63, 3.8) is 0 Å². The Hall–Kier alpha value is -3.28. The highest BCUT2D eigenvalue weighted by Crippen LogP contribution is 2.46. The highest BCUT2D eigenvalue weighted by molar-refractivity contribution is 6.00. The molecule has 0 bridgehead atoms. The highest BCUT2D eigenvalue weighted by atomic mass is 16.7. The summed E-state index contributed by atoms with van der Waals surface area (Å²) in [5.41, 5.74) is 1.52. The monoisotopic (exact) mass is 406 g/mol. The van der Waals surface area contributed by atoms with E-state index in [1.165, 1.54) is 12.5 Å². The number of ether oxygens (including phenoxy) is 2. The molecular weight excluding hydrogens is 380 g/mol. The standard InChI is InChI=1S/C24H26N2O4/c1-17(25-22(27)13-10-18-8-4-2-5-9-18)23(28)26-19-11-12-20-21(16-19)30-24(29-20)14-6-3-7-15-24/h2,4-5,8-13,16-17H,3,6-7,14-15H2,1H3,(H,25,27)(H,26,28)/b13-10+. The van der Waals surface area contributed by atoms with Gasteiger partial charge in [0.15, 0.2) is 11.5 Å². The van der Waals surface area contributed by atoms with Gasteiger partial charge in [0, 0.05) is 30.7 Å². The van der Waals surface area contributed by atoms with E-state index in [2.05, 4.69) is 10.6 Å². The molecule has 0 saturated heterocycles. The maximum atomic E-state index is 12.5. The van der Waals surface area contributed by atoms with Crippen molar-refractivity contribution in [1.82, 2.24) is 5.32 Å². The van der Waals surface area contributed by atoms with E-state index in [4.69, 9.17) is 9.47 Å². The van der Waals surface area contributed by atoms with Crippen LogP contribution in [0.2, 0.25) is 0 Å². The van der Waals surface area contributed by atoms with Gasteiger partial charge in [-0.2, -0.15) is 0 Å². The summed E-state index contributed by atoms with van der Waals surface area (Å²) >= 11 is 0. The Bertz CT molecular complexity index is 949. The number of hydrogen-bond donors (Lipinski definition) is 2. The fraction of sp³-hybridized carbons (Fsp3) is 0.333. The molecule has 0 aromatic heterocycles. The molecule has 2 aromatic carbocycles. The van der Waals surface area contributed by atoms with Crippen molar-refractivity contribution in [3.05, 3.63) is 60.2 Å². The predicted molar refractivity (Wildman–Crippen MR) is 115 cm³/mol. The van der Waals surface area contributed by atoms with Crippen LogP contribution in [-0.2, 0) is 9.59 Å². The number of carbonyl (C=O) groups excluding carboxylic acids is 2. The third-order valence-electron chi connectivity index (χ3n) is 5.40. The van der Waals surface area contributed by atoms with Gasteiger partial charge >= 0.3 is 0 Å². The normalized spacial score (nSPS) is 17.6. The number of anilines is 1. The van der Waals surface area contributed by atoms with E-state index in [1.807, 2.05) is 36.4 Å². The quantitative estimate of drug-likeness (QED) is 0.727. The highest BCUT2D eigenvalue weighted by Gasteiger charge is 2.42. The third-order valence-corrected chi connectivity index (χ3v) is 5.40. The first-order valence-electron chi connectivity index (χ1n) is 10.4. The summed E-state index contributed by atoms with van der Waals surface area (Å²) in [5, 5.41) is 5.50. The zero-order valence-corrected chi connectivity index (χ0v) is 17.0. The SMILES string of the molecule is CC(NC(=O)/C=C/c1ccccc1)C(=O)Nc1ccc2c(c1)OC1(CCCCC1)O2. The van der Waals surface area contributed by atoms with Crippen LogP contribution in [0, 0.1) is 0 Å². The van der Waals surface area contributed by atoms with E-state index in [0.717, 1.165) is 31.2 Å². The van der Waals surface area contributed by atoms with E-state index < -0.39 is 11.8 Å². The molecule has 1 spiro atoms. The third kappa shape index (κ3) is 4.64. The summed E-state index contributed by atoms with van der Waals surface area (Å²) in [5.74, 6) is 0.184. The minimum absolute atomic E-state index is 0.303. The minimum atomic E-state index is -0.687. The van der Waals surface area contributed by atoms with Gasteiger partial charge in [-0.05, 0) is 43.5 Å². The molecule has 4 rings (SSSR count). The zero-order valence-electron chi connectivity index (χ0n) is 17.0. The van der Waals surface area contributed by atoms with Gasteiger partial charge in [-0.1, -0.05) is 36.8 Å². The summed E-state index contributed by atoms with van der Waals surface area (Å²) in [6.07, 6.45) is 8.27. The second-order valence-corrected chi connectivity index (χ2v) is 7.80. The summed E-state index contributed by atoms with van der Waals surface area (Å²) in [6.45, 7) is 1.65. The Morgan fingerprint density at radius 2 is 1.73 bits per heavy atom. The maximum absolute atomic E-state index is 12.5. The van der Waals surface area contributed by atoms with Crippen LogP contribution in [0.4, 0.5) is 5.69 Å². The fourth-order valence-corrected chi connectivity index (χ4v) is 3.78. The summed E-state index contributed by atoms with van der Waals surface area (Å²) in [6, 6.07) is 14.2. The molecule has 156 valence electrons. The molecule has 1 atom stereocenters. The summed E-state index contributed by atoms with van der Waals surface area (Å²) < 4.78 is 12.2. The Balaban J connectivity index is 1.32. The van der Waals surface area contributed by atoms with Crippen molar-refractivity contribution in [2.24, 2.45) is 0 Å². The number of benzene rings is 2. The first-order chi connectivity index (χ1) is 14.5. The molecule has 1 heterocycles. The molecule has 30 heavy (non-hydrogen) atoms. The Morgan fingerprint density at radius 3 is 2.50 bits per heavy atom. The van der Waals surface area contributed by atoms with Crippen molar-refractivity contribution >= 4 is 23.6 Å². The number of fused-ring (bicyclic) bond motifs is 1. The van der Waals surface area contributed by atoms with Crippen LogP contribution in [0.1, 0.15) is 44.6 Å². The molecule has 1 saturated carbocycles. The van der Waals surface area contributed by atoms with Crippen molar-refractivity contribution in [1.29, 1.82) is 0 Å². The van der Waals surface area contributed by atoms with Crippen molar-refractivity contribution in [2.75, 3.05) is 5.32 Å². The van der Waals surface area contributed by atoms with Crippen LogP contribution in [-0.4, -0.2) is 23.6 Å². The van der Waals surface area contributed by atoms with E-state index in [0.29, 0.717) is 17.2 Å². The number of nitrogens with one attached hydrogen (secondary N) is 2. The van der Waals surface area contributed by atoms with Gasteiger partial charge in [-0.25, -0.2) is 0 Å². The van der Waals surface area contributed by atoms with Gasteiger partial charge in [0.1, 0.15) is 6.04 Å². The van der Waals surface area contributed by atoms with E-state index >= 15 is 0 Å². The molecule has 2 N–H and O–H groups in total. The second kappa shape index (κ2) is 8.61. The van der Waals surface area contributed by atoms with Gasteiger partial charge in [0.2, 0.25) is 11.8 Å². The zero-order chi connectivity index (χ0) is 21.0. The number of rotatable bonds is 5. The fourth-order valence-electron chi connectivity index (χ4n) is 3.78. The first-order valence-corrected chi connectivity index (χ1v) is 10.4.